The predicted molar refractivity (Wildman–Crippen MR) is 122 cm³/mol. The van der Waals surface area contributed by atoms with E-state index < -0.39 is 0 Å². The summed E-state index contributed by atoms with van der Waals surface area (Å²) in [7, 11) is 0. The number of nitrogens with one attached hydrogen (secondary N) is 1. The quantitative estimate of drug-likeness (QED) is 0.552. The van der Waals surface area contributed by atoms with Crippen molar-refractivity contribution in [1.29, 1.82) is 0 Å². The molecule has 154 valence electrons. The van der Waals surface area contributed by atoms with Crippen LogP contribution in [0.5, 0.6) is 0 Å². The summed E-state index contributed by atoms with van der Waals surface area (Å²) in [5.41, 5.74) is 2.59. The summed E-state index contributed by atoms with van der Waals surface area (Å²) in [6, 6.07) is 21.3. The number of carbonyl (C=O) groups excluding carboxylic acids is 1. The van der Waals surface area contributed by atoms with Crippen LogP contribution in [0.25, 0.3) is 22.3 Å². The normalized spacial score (nSPS) is 13.9. The molecule has 7 nitrogen and oxygen atoms in total. The summed E-state index contributed by atoms with van der Waals surface area (Å²) in [6.07, 6.45) is 3.52. The van der Waals surface area contributed by atoms with Crippen molar-refractivity contribution < 1.29 is 4.79 Å². The molecule has 31 heavy (non-hydrogen) atoms. The molecule has 3 heterocycles. The molecule has 7 heteroatoms. The van der Waals surface area contributed by atoms with E-state index in [0.29, 0.717) is 32.0 Å². The van der Waals surface area contributed by atoms with E-state index in [2.05, 4.69) is 15.2 Å². The number of urea groups is 1. The number of carbonyl (C=O) groups is 1. The fraction of sp³-hybridized carbons (Fsp3) is 0.167. The molecule has 1 aliphatic rings. The zero-order valence-electron chi connectivity index (χ0n) is 17.0. The van der Waals surface area contributed by atoms with Gasteiger partial charge < -0.3 is 15.1 Å². The second kappa shape index (κ2) is 8.39. The van der Waals surface area contributed by atoms with Crippen LogP contribution in [0.2, 0.25) is 0 Å². The first-order valence-electron chi connectivity index (χ1n) is 10.3. The Labute approximate surface area is 180 Å². The van der Waals surface area contributed by atoms with Gasteiger partial charge in [-0.15, -0.1) is 0 Å². The first kappa shape index (κ1) is 19.0. The lowest BCUT2D eigenvalue weighted by Crippen LogP contribution is -2.50. The van der Waals surface area contributed by atoms with E-state index in [1.165, 1.54) is 0 Å². The Bertz CT molecular complexity index is 1190. The van der Waals surface area contributed by atoms with Crippen molar-refractivity contribution in [3.8, 4) is 11.4 Å². The van der Waals surface area contributed by atoms with E-state index in [9.17, 15) is 4.79 Å². The highest BCUT2D eigenvalue weighted by molar-refractivity contribution is 5.92. The second-order valence-corrected chi connectivity index (χ2v) is 7.40. The van der Waals surface area contributed by atoms with Crippen LogP contribution in [0.1, 0.15) is 0 Å². The van der Waals surface area contributed by atoms with Gasteiger partial charge in [0.25, 0.3) is 0 Å². The van der Waals surface area contributed by atoms with Gasteiger partial charge in [-0.05, 0) is 36.4 Å². The maximum absolute atomic E-state index is 12.6. The number of hydrogen-bond acceptors (Lipinski definition) is 5. The molecule has 2 aromatic carbocycles. The molecular weight excluding hydrogens is 388 g/mol. The van der Waals surface area contributed by atoms with Crippen molar-refractivity contribution in [3.05, 3.63) is 79.1 Å². The second-order valence-electron chi connectivity index (χ2n) is 7.40. The van der Waals surface area contributed by atoms with Crippen molar-refractivity contribution in [2.75, 3.05) is 36.4 Å². The first-order valence-corrected chi connectivity index (χ1v) is 10.3. The van der Waals surface area contributed by atoms with Gasteiger partial charge in [0.15, 0.2) is 5.82 Å². The monoisotopic (exact) mass is 410 g/mol. The zero-order valence-corrected chi connectivity index (χ0v) is 17.0. The molecule has 0 saturated carbocycles. The van der Waals surface area contributed by atoms with Gasteiger partial charge in [0, 0.05) is 55.2 Å². The minimum atomic E-state index is -0.0746. The smallest absolute Gasteiger partial charge is 0.321 e. The van der Waals surface area contributed by atoms with Crippen molar-refractivity contribution in [1.82, 2.24) is 19.9 Å². The molecule has 0 spiro atoms. The average Bonchev–Trinajstić information content (AvgIpc) is 2.84. The lowest BCUT2D eigenvalue weighted by molar-refractivity contribution is 0.208. The Morgan fingerprint density at radius 3 is 2.39 bits per heavy atom. The molecule has 2 aromatic heterocycles. The highest BCUT2D eigenvalue weighted by Crippen LogP contribution is 2.28. The molecule has 0 bridgehead atoms. The van der Waals surface area contributed by atoms with Crippen LogP contribution in [-0.4, -0.2) is 52.1 Å². The average molecular weight is 410 g/mol. The van der Waals surface area contributed by atoms with E-state index in [4.69, 9.17) is 9.97 Å². The van der Waals surface area contributed by atoms with Gasteiger partial charge in [-0.2, -0.15) is 0 Å². The minimum Gasteiger partial charge on any atom is -0.352 e. The maximum atomic E-state index is 12.6. The van der Waals surface area contributed by atoms with Gasteiger partial charge in [0.2, 0.25) is 0 Å². The van der Waals surface area contributed by atoms with Crippen molar-refractivity contribution in [2.24, 2.45) is 0 Å². The van der Waals surface area contributed by atoms with E-state index in [0.717, 1.165) is 28.0 Å². The fourth-order valence-corrected chi connectivity index (χ4v) is 3.77. The molecule has 1 N–H and O–H groups in total. The van der Waals surface area contributed by atoms with Crippen molar-refractivity contribution in [2.45, 2.75) is 0 Å². The lowest BCUT2D eigenvalue weighted by atomic mass is 10.2. The van der Waals surface area contributed by atoms with E-state index in [1.807, 2.05) is 71.6 Å². The summed E-state index contributed by atoms with van der Waals surface area (Å²) >= 11 is 0. The van der Waals surface area contributed by atoms with E-state index in [-0.39, 0.29) is 6.03 Å². The number of nitrogens with zero attached hydrogens (tertiary/aromatic N) is 5. The van der Waals surface area contributed by atoms with Crippen LogP contribution >= 0.6 is 0 Å². The summed E-state index contributed by atoms with van der Waals surface area (Å²) in [6.45, 7) is 2.66. The largest absolute Gasteiger partial charge is 0.352 e. The third-order valence-corrected chi connectivity index (χ3v) is 5.39. The van der Waals surface area contributed by atoms with Crippen LogP contribution in [0, 0.1) is 0 Å². The van der Waals surface area contributed by atoms with Crippen LogP contribution in [0.4, 0.5) is 16.3 Å². The summed E-state index contributed by atoms with van der Waals surface area (Å²) in [5, 5.41) is 3.97. The Morgan fingerprint density at radius 2 is 1.61 bits per heavy atom. The molecule has 2 amide bonds. The molecule has 1 fully saturated rings. The third-order valence-electron chi connectivity index (χ3n) is 5.39. The molecule has 0 radical (unpaired) electrons. The van der Waals surface area contributed by atoms with Gasteiger partial charge >= 0.3 is 6.03 Å². The van der Waals surface area contributed by atoms with Crippen LogP contribution in [0.3, 0.4) is 0 Å². The van der Waals surface area contributed by atoms with Gasteiger partial charge in [-0.3, -0.25) is 4.98 Å². The molecule has 0 unspecified atom stereocenters. The highest BCUT2D eigenvalue weighted by Gasteiger charge is 2.24. The molecular formula is C24H22N6O. The number of hydrogen-bond donors (Lipinski definition) is 1. The summed E-state index contributed by atoms with van der Waals surface area (Å²) < 4.78 is 0. The first-order chi connectivity index (χ1) is 15.3. The molecule has 0 aliphatic carbocycles. The maximum Gasteiger partial charge on any atom is 0.321 e. The number of benzene rings is 2. The SMILES string of the molecule is O=C(Nc1ccccc1)N1CCN(c2nc(-c3cccnc3)nc3ccccc23)CC1. The Kier molecular flexibility index (Phi) is 5.14. The van der Waals surface area contributed by atoms with Gasteiger partial charge in [0.1, 0.15) is 5.82 Å². The summed E-state index contributed by atoms with van der Waals surface area (Å²) in [5.74, 6) is 1.55. The Balaban J connectivity index is 1.37. The molecule has 1 aliphatic heterocycles. The number of anilines is 2. The number of para-hydroxylation sites is 2. The molecule has 5 rings (SSSR count). The number of rotatable bonds is 3. The van der Waals surface area contributed by atoms with E-state index >= 15 is 0 Å². The number of piperazine rings is 1. The molecule has 4 aromatic rings. The van der Waals surface area contributed by atoms with Crippen LogP contribution in [-0.2, 0) is 0 Å². The topological polar surface area (TPSA) is 74.2 Å². The van der Waals surface area contributed by atoms with Crippen molar-refractivity contribution in [3.63, 3.8) is 0 Å². The number of amides is 2. The van der Waals surface area contributed by atoms with Crippen LogP contribution in [0.15, 0.2) is 79.1 Å². The standard InChI is InChI=1S/C24H22N6O/c31-24(26-19-8-2-1-3-9-19)30-15-13-29(14-16-30)23-20-10-4-5-11-21(20)27-22(28-23)18-7-6-12-25-17-18/h1-12,17H,13-16H2,(H,26,31). The molecule has 0 atom stereocenters. The third kappa shape index (κ3) is 4.02. The zero-order chi connectivity index (χ0) is 21.0. The van der Waals surface area contributed by atoms with Gasteiger partial charge in [0.05, 0.1) is 5.52 Å². The fourth-order valence-electron chi connectivity index (χ4n) is 3.77. The Hall–Kier alpha value is -4.00. The van der Waals surface area contributed by atoms with Gasteiger partial charge in [-0.1, -0.05) is 30.3 Å². The lowest BCUT2D eigenvalue weighted by Gasteiger charge is -2.35. The Morgan fingerprint density at radius 1 is 0.839 bits per heavy atom. The van der Waals surface area contributed by atoms with Crippen LogP contribution < -0.4 is 10.2 Å². The predicted octanol–water partition coefficient (Wildman–Crippen LogP) is 4.05. The number of fused-ring (bicyclic) bond motifs is 1. The summed E-state index contributed by atoms with van der Waals surface area (Å²) in [4.78, 5) is 30.5. The molecule has 1 saturated heterocycles. The van der Waals surface area contributed by atoms with E-state index in [1.54, 1.807) is 12.4 Å². The minimum absolute atomic E-state index is 0.0746. The number of aromatic nitrogens is 3. The van der Waals surface area contributed by atoms with Crippen molar-refractivity contribution >= 4 is 28.4 Å². The van der Waals surface area contributed by atoms with Gasteiger partial charge in [-0.25, -0.2) is 14.8 Å². The number of pyridine rings is 1. The highest BCUT2D eigenvalue weighted by atomic mass is 16.2.